The van der Waals surface area contributed by atoms with E-state index in [4.69, 9.17) is 15.7 Å². The van der Waals surface area contributed by atoms with Crippen LogP contribution in [0.1, 0.15) is 37.8 Å². The molecule has 0 bridgehead atoms. The molecule has 0 amide bonds. The Morgan fingerprint density at radius 2 is 2.06 bits per heavy atom. The van der Waals surface area contributed by atoms with Gasteiger partial charge in [0.2, 0.25) is 0 Å². The van der Waals surface area contributed by atoms with Gasteiger partial charge in [0.1, 0.15) is 5.82 Å². The lowest BCUT2D eigenvalue weighted by molar-refractivity contribution is 0.172. The molecule has 2 aliphatic heterocycles. The molecule has 0 aromatic carbocycles. The number of rotatable bonds is 2. The molecular formula is C23H28N8. The first kappa shape index (κ1) is 17.9. The average molecular weight is 417 g/mol. The zero-order valence-corrected chi connectivity index (χ0v) is 17.7. The van der Waals surface area contributed by atoms with E-state index in [2.05, 4.69) is 31.0 Å². The number of hydrogen-bond acceptors (Lipinski definition) is 7. The van der Waals surface area contributed by atoms with Gasteiger partial charge in [-0.3, -0.25) is 10.1 Å². The van der Waals surface area contributed by atoms with Gasteiger partial charge >= 0.3 is 0 Å². The molecule has 2 saturated carbocycles. The van der Waals surface area contributed by atoms with E-state index >= 15 is 0 Å². The lowest BCUT2D eigenvalue weighted by Crippen LogP contribution is -2.48. The molecule has 3 N–H and O–H groups in total. The number of aryl methyl sites for hydroxylation is 1. The summed E-state index contributed by atoms with van der Waals surface area (Å²) in [7, 11) is 0. The molecule has 3 fully saturated rings. The molecule has 8 heteroatoms. The molecule has 31 heavy (non-hydrogen) atoms. The molecule has 4 aliphatic rings. The molecule has 5 heterocycles. The first-order valence-electron chi connectivity index (χ1n) is 11.6. The summed E-state index contributed by atoms with van der Waals surface area (Å²) >= 11 is 0. The molecule has 0 radical (unpaired) electrons. The second-order valence-electron chi connectivity index (χ2n) is 9.94. The van der Waals surface area contributed by atoms with Crippen LogP contribution in [-0.2, 0) is 6.42 Å². The van der Waals surface area contributed by atoms with Crippen molar-refractivity contribution in [1.29, 1.82) is 0 Å². The van der Waals surface area contributed by atoms with E-state index in [1.54, 1.807) is 0 Å². The lowest BCUT2D eigenvalue weighted by atomic mass is 9.72. The van der Waals surface area contributed by atoms with E-state index in [1.807, 2.05) is 18.5 Å². The largest absolute Gasteiger partial charge is 0.355 e. The number of nitrogens with two attached hydrogens (primary N) is 1. The van der Waals surface area contributed by atoms with Crippen molar-refractivity contribution in [3.8, 4) is 0 Å². The second kappa shape index (κ2) is 6.38. The van der Waals surface area contributed by atoms with Crippen molar-refractivity contribution in [3.63, 3.8) is 0 Å². The van der Waals surface area contributed by atoms with Crippen LogP contribution in [-0.4, -0.2) is 50.8 Å². The van der Waals surface area contributed by atoms with Crippen LogP contribution in [0.3, 0.4) is 0 Å². The second-order valence-corrected chi connectivity index (χ2v) is 9.94. The van der Waals surface area contributed by atoms with Crippen LogP contribution in [0.15, 0.2) is 24.5 Å². The third-order valence-corrected chi connectivity index (χ3v) is 8.34. The standard InChI is InChI=1S/C23H28N8/c24-20-15-11-14(15)12-23(20)5-9-30(10-6-23)18-13-26-19-21(27-18)28-29-22(19)31-8-2-3-16-17(31)4-1-7-25-16/h1,4,7,13-15,20H,2-3,5-6,8-12,24H2,(H,27,28,29)/t14-,15+,20+/m0/s1. The smallest absolute Gasteiger partial charge is 0.183 e. The quantitative estimate of drug-likeness (QED) is 0.662. The average Bonchev–Trinajstić information content (AvgIpc) is 3.36. The van der Waals surface area contributed by atoms with Gasteiger partial charge < -0.3 is 15.5 Å². The van der Waals surface area contributed by atoms with Gasteiger partial charge in [0.25, 0.3) is 0 Å². The molecule has 160 valence electrons. The summed E-state index contributed by atoms with van der Waals surface area (Å²) in [5, 5.41) is 7.73. The number of pyridine rings is 1. The van der Waals surface area contributed by atoms with Gasteiger partial charge in [0, 0.05) is 31.9 Å². The Hall–Kier alpha value is -2.74. The number of piperidine rings is 1. The maximum atomic E-state index is 6.63. The summed E-state index contributed by atoms with van der Waals surface area (Å²) in [4.78, 5) is 18.8. The van der Waals surface area contributed by atoms with Gasteiger partial charge in [-0.1, -0.05) is 0 Å². The van der Waals surface area contributed by atoms with E-state index in [9.17, 15) is 0 Å². The fraction of sp³-hybridized carbons (Fsp3) is 0.565. The number of fused-ring (bicyclic) bond motifs is 3. The van der Waals surface area contributed by atoms with Crippen LogP contribution in [0.4, 0.5) is 17.3 Å². The highest BCUT2D eigenvalue weighted by Crippen LogP contribution is 2.62. The molecule has 8 nitrogen and oxygen atoms in total. The molecule has 3 aromatic rings. The number of hydrogen-bond donors (Lipinski definition) is 2. The van der Waals surface area contributed by atoms with Crippen molar-refractivity contribution in [2.24, 2.45) is 23.0 Å². The van der Waals surface area contributed by atoms with Gasteiger partial charge in [-0.05, 0) is 67.9 Å². The summed E-state index contributed by atoms with van der Waals surface area (Å²) in [6, 6.07) is 4.51. The van der Waals surface area contributed by atoms with Crippen LogP contribution in [0, 0.1) is 17.3 Å². The van der Waals surface area contributed by atoms with Crippen molar-refractivity contribution in [2.75, 3.05) is 29.4 Å². The third-order valence-electron chi connectivity index (χ3n) is 8.34. The van der Waals surface area contributed by atoms with Crippen LogP contribution in [0.5, 0.6) is 0 Å². The number of anilines is 3. The summed E-state index contributed by atoms with van der Waals surface area (Å²) in [6.45, 7) is 2.94. The Morgan fingerprint density at radius 1 is 1.16 bits per heavy atom. The van der Waals surface area contributed by atoms with E-state index < -0.39 is 0 Å². The van der Waals surface area contributed by atoms with Crippen molar-refractivity contribution in [3.05, 3.63) is 30.2 Å². The molecular weight excluding hydrogens is 388 g/mol. The predicted molar refractivity (Wildman–Crippen MR) is 119 cm³/mol. The number of H-pyrrole nitrogens is 1. The highest BCUT2D eigenvalue weighted by molar-refractivity contribution is 5.87. The number of nitrogens with zero attached hydrogens (tertiary/aromatic N) is 6. The fourth-order valence-electron chi connectivity index (χ4n) is 6.51. The van der Waals surface area contributed by atoms with Crippen molar-refractivity contribution < 1.29 is 0 Å². The molecule has 3 aromatic heterocycles. The maximum Gasteiger partial charge on any atom is 0.183 e. The number of aromatic amines is 1. The van der Waals surface area contributed by atoms with Gasteiger partial charge in [-0.25, -0.2) is 9.97 Å². The van der Waals surface area contributed by atoms with E-state index in [0.717, 1.165) is 78.5 Å². The summed E-state index contributed by atoms with van der Waals surface area (Å²) in [5.41, 5.74) is 10.8. The van der Waals surface area contributed by atoms with Crippen LogP contribution >= 0.6 is 0 Å². The minimum absolute atomic E-state index is 0.373. The molecule has 0 unspecified atom stereocenters. The van der Waals surface area contributed by atoms with Crippen LogP contribution in [0.25, 0.3) is 11.2 Å². The topological polar surface area (TPSA) is 99.9 Å². The van der Waals surface area contributed by atoms with Gasteiger partial charge in [0.05, 0.1) is 17.6 Å². The molecule has 7 rings (SSSR count). The highest BCUT2D eigenvalue weighted by atomic mass is 15.3. The first-order valence-corrected chi connectivity index (χ1v) is 11.6. The van der Waals surface area contributed by atoms with Crippen molar-refractivity contribution in [1.82, 2.24) is 25.1 Å². The monoisotopic (exact) mass is 416 g/mol. The lowest BCUT2D eigenvalue weighted by Gasteiger charge is -2.43. The Morgan fingerprint density at radius 3 is 2.90 bits per heavy atom. The van der Waals surface area contributed by atoms with Crippen molar-refractivity contribution in [2.45, 2.75) is 44.6 Å². The van der Waals surface area contributed by atoms with E-state index in [0.29, 0.717) is 11.5 Å². The summed E-state index contributed by atoms with van der Waals surface area (Å²) in [6.07, 6.45) is 10.9. The molecule has 1 saturated heterocycles. The van der Waals surface area contributed by atoms with Crippen molar-refractivity contribution >= 4 is 28.5 Å². The Labute approximate surface area is 181 Å². The van der Waals surface area contributed by atoms with Crippen LogP contribution in [0.2, 0.25) is 0 Å². The van der Waals surface area contributed by atoms with Gasteiger partial charge in [-0.15, -0.1) is 0 Å². The van der Waals surface area contributed by atoms with Gasteiger partial charge in [-0.2, -0.15) is 5.10 Å². The zero-order chi connectivity index (χ0) is 20.6. The Bertz CT molecular complexity index is 1150. The normalized spacial score (nSPS) is 28.7. The summed E-state index contributed by atoms with van der Waals surface area (Å²) < 4.78 is 0. The van der Waals surface area contributed by atoms with Crippen LogP contribution < -0.4 is 15.5 Å². The molecule has 2 aliphatic carbocycles. The Balaban J connectivity index is 1.15. The third kappa shape index (κ3) is 2.63. The number of nitrogens with one attached hydrogen (secondary N) is 1. The first-order chi connectivity index (χ1) is 15.2. The zero-order valence-electron chi connectivity index (χ0n) is 17.7. The van der Waals surface area contributed by atoms with E-state index in [1.165, 1.54) is 25.7 Å². The minimum atomic E-state index is 0.373. The number of aromatic nitrogens is 5. The highest BCUT2D eigenvalue weighted by Gasteiger charge is 2.59. The van der Waals surface area contributed by atoms with Gasteiger partial charge in [0.15, 0.2) is 17.0 Å². The summed E-state index contributed by atoms with van der Waals surface area (Å²) in [5.74, 6) is 3.50. The predicted octanol–water partition coefficient (Wildman–Crippen LogP) is 2.79. The minimum Gasteiger partial charge on any atom is -0.355 e. The molecule has 3 atom stereocenters. The SMILES string of the molecule is N[C@@H]1[C@@H]2C[C@H]2CC12CCN(c1cnc3c(N4CCCc5ncccc54)n[nH]c3n1)CC2. The fourth-order valence-corrected chi connectivity index (χ4v) is 6.51. The Kier molecular flexibility index (Phi) is 3.69. The maximum absolute atomic E-state index is 6.63. The van der Waals surface area contributed by atoms with E-state index in [-0.39, 0.29) is 0 Å². The molecule has 1 spiro atoms.